The lowest BCUT2D eigenvalue weighted by Gasteiger charge is -2.21. The fourth-order valence-electron chi connectivity index (χ4n) is 2.95. The molecule has 1 aliphatic heterocycles. The number of nitrogens with zero attached hydrogens (tertiary/aromatic N) is 1. The number of halogens is 1. The van der Waals surface area contributed by atoms with E-state index in [1.165, 1.54) is 36.7 Å². The van der Waals surface area contributed by atoms with Gasteiger partial charge >= 0.3 is 0 Å². The van der Waals surface area contributed by atoms with Crippen molar-refractivity contribution in [1.82, 2.24) is 5.32 Å². The predicted octanol–water partition coefficient (Wildman–Crippen LogP) is 3.76. The summed E-state index contributed by atoms with van der Waals surface area (Å²) < 4.78 is 13.1. The molecule has 1 aliphatic rings. The summed E-state index contributed by atoms with van der Waals surface area (Å²) in [5.41, 5.74) is 2.99. The minimum atomic E-state index is -0.308. The van der Waals surface area contributed by atoms with Crippen LogP contribution in [-0.2, 0) is 11.3 Å². The van der Waals surface area contributed by atoms with E-state index in [-0.39, 0.29) is 11.7 Å². The summed E-state index contributed by atoms with van der Waals surface area (Å²) in [6.45, 7) is 2.63. The Morgan fingerprint density at radius 2 is 1.92 bits per heavy atom. The van der Waals surface area contributed by atoms with E-state index in [9.17, 15) is 9.18 Å². The number of anilines is 1. The van der Waals surface area contributed by atoms with Gasteiger partial charge in [0, 0.05) is 31.4 Å². The summed E-state index contributed by atoms with van der Waals surface area (Å²) in [5.74, 6) is -0.493. The monoisotopic (exact) mass is 324 g/mol. The third-order valence-corrected chi connectivity index (χ3v) is 4.17. The van der Waals surface area contributed by atoms with E-state index >= 15 is 0 Å². The van der Waals surface area contributed by atoms with E-state index in [4.69, 9.17) is 0 Å². The van der Waals surface area contributed by atoms with Crippen LogP contribution in [0.15, 0.2) is 54.6 Å². The van der Waals surface area contributed by atoms with Crippen LogP contribution in [0.25, 0.3) is 6.08 Å². The van der Waals surface area contributed by atoms with Gasteiger partial charge in [-0.05, 0) is 48.2 Å². The van der Waals surface area contributed by atoms with Crippen molar-refractivity contribution in [3.8, 4) is 0 Å². The smallest absolute Gasteiger partial charge is 0.244 e. The van der Waals surface area contributed by atoms with Gasteiger partial charge < -0.3 is 10.2 Å². The van der Waals surface area contributed by atoms with Gasteiger partial charge in [-0.2, -0.15) is 0 Å². The molecule has 3 nitrogen and oxygen atoms in total. The summed E-state index contributed by atoms with van der Waals surface area (Å²) in [5, 5.41) is 2.90. The minimum absolute atomic E-state index is 0.185. The minimum Gasteiger partial charge on any atom is -0.371 e. The number of hydrogen-bond donors (Lipinski definition) is 1. The quantitative estimate of drug-likeness (QED) is 0.850. The van der Waals surface area contributed by atoms with E-state index in [1.807, 2.05) is 18.2 Å². The van der Waals surface area contributed by atoms with Crippen LogP contribution in [0.4, 0.5) is 10.1 Å². The number of para-hydroxylation sites is 1. The summed E-state index contributed by atoms with van der Waals surface area (Å²) in [6, 6.07) is 14.3. The Balaban J connectivity index is 1.60. The van der Waals surface area contributed by atoms with E-state index < -0.39 is 0 Å². The normalized spacial score (nSPS) is 14.3. The number of carbonyl (C=O) groups excluding carboxylic acids is 1. The third kappa shape index (κ3) is 4.22. The summed E-state index contributed by atoms with van der Waals surface area (Å²) in [6.07, 6.45) is 5.49. The Hall–Kier alpha value is -2.62. The Bertz CT molecular complexity index is 736. The van der Waals surface area contributed by atoms with Crippen LogP contribution in [0.2, 0.25) is 0 Å². The topological polar surface area (TPSA) is 32.3 Å². The standard InChI is InChI=1S/C20H21FN2O/c21-18-8-5-6-16(14-18)10-11-20(24)22-15-17-7-1-2-9-19(17)23-12-3-4-13-23/h1-2,5-11,14H,3-4,12-13,15H2,(H,22,24)/b11-10+. The maximum absolute atomic E-state index is 13.1. The summed E-state index contributed by atoms with van der Waals surface area (Å²) in [4.78, 5) is 14.4. The van der Waals surface area contributed by atoms with Crippen LogP contribution in [0.1, 0.15) is 24.0 Å². The number of nitrogens with one attached hydrogen (secondary N) is 1. The molecule has 0 saturated carbocycles. The van der Waals surface area contributed by atoms with Gasteiger partial charge in [0.2, 0.25) is 5.91 Å². The highest BCUT2D eigenvalue weighted by atomic mass is 19.1. The molecule has 0 unspecified atom stereocenters. The molecule has 0 aromatic heterocycles. The van der Waals surface area contributed by atoms with Gasteiger partial charge in [0.05, 0.1) is 0 Å². The van der Waals surface area contributed by atoms with Crippen LogP contribution < -0.4 is 10.2 Å². The number of carbonyl (C=O) groups is 1. The molecular formula is C20H21FN2O. The number of amides is 1. The van der Waals surface area contributed by atoms with Gasteiger partial charge in [-0.1, -0.05) is 30.3 Å². The molecule has 0 bridgehead atoms. The molecule has 2 aromatic rings. The average Bonchev–Trinajstić information content (AvgIpc) is 3.13. The molecule has 0 aliphatic carbocycles. The second kappa shape index (κ2) is 7.77. The third-order valence-electron chi connectivity index (χ3n) is 4.17. The first kappa shape index (κ1) is 16.2. The summed E-state index contributed by atoms with van der Waals surface area (Å²) in [7, 11) is 0. The molecule has 1 N–H and O–H groups in total. The number of benzene rings is 2. The van der Waals surface area contributed by atoms with Crippen LogP contribution in [0, 0.1) is 5.82 Å². The molecule has 24 heavy (non-hydrogen) atoms. The largest absolute Gasteiger partial charge is 0.371 e. The van der Waals surface area contributed by atoms with Crippen molar-refractivity contribution in [1.29, 1.82) is 0 Å². The second-order valence-corrected chi connectivity index (χ2v) is 5.93. The van der Waals surface area contributed by atoms with E-state index in [1.54, 1.807) is 18.2 Å². The zero-order valence-corrected chi connectivity index (χ0v) is 13.5. The highest BCUT2D eigenvalue weighted by molar-refractivity contribution is 5.91. The maximum atomic E-state index is 13.1. The number of hydrogen-bond acceptors (Lipinski definition) is 2. The number of rotatable bonds is 5. The molecule has 0 atom stereocenters. The average molecular weight is 324 g/mol. The Labute approximate surface area is 141 Å². The van der Waals surface area contributed by atoms with Crippen molar-refractivity contribution in [2.45, 2.75) is 19.4 Å². The van der Waals surface area contributed by atoms with E-state index in [0.29, 0.717) is 12.1 Å². The lowest BCUT2D eigenvalue weighted by Crippen LogP contribution is -2.24. The molecule has 1 heterocycles. The van der Waals surface area contributed by atoms with Crippen molar-refractivity contribution in [3.63, 3.8) is 0 Å². The Morgan fingerprint density at radius 3 is 2.71 bits per heavy atom. The first-order valence-electron chi connectivity index (χ1n) is 8.27. The SMILES string of the molecule is O=C(/C=C/c1cccc(F)c1)NCc1ccccc1N1CCCC1. The fraction of sp³-hybridized carbons (Fsp3) is 0.250. The first-order valence-corrected chi connectivity index (χ1v) is 8.27. The molecule has 4 heteroatoms. The fourth-order valence-corrected chi connectivity index (χ4v) is 2.95. The van der Waals surface area contributed by atoms with Crippen LogP contribution in [0.3, 0.4) is 0 Å². The molecule has 124 valence electrons. The zero-order valence-electron chi connectivity index (χ0n) is 13.5. The zero-order chi connectivity index (χ0) is 16.8. The van der Waals surface area contributed by atoms with Gasteiger partial charge in [0.25, 0.3) is 0 Å². The highest BCUT2D eigenvalue weighted by Crippen LogP contribution is 2.24. The molecule has 1 saturated heterocycles. The van der Waals surface area contributed by atoms with Crippen LogP contribution in [0.5, 0.6) is 0 Å². The van der Waals surface area contributed by atoms with E-state index in [0.717, 1.165) is 18.7 Å². The highest BCUT2D eigenvalue weighted by Gasteiger charge is 2.15. The maximum Gasteiger partial charge on any atom is 0.244 e. The molecule has 0 spiro atoms. The molecule has 1 fully saturated rings. The van der Waals surface area contributed by atoms with Crippen molar-refractivity contribution in [2.24, 2.45) is 0 Å². The van der Waals surface area contributed by atoms with Gasteiger partial charge in [-0.25, -0.2) is 4.39 Å². The lowest BCUT2D eigenvalue weighted by atomic mass is 10.1. The Morgan fingerprint density at radius 1 is 1.12 bits per heavy atom. The molecule has 0 radical (unpaired) electrons. The molecular weight excluding hydrogens is 303 g/mol. The first-order chi connectivity index (χ1) is 11.7. The molecule has 1 amide bonds. The van der Waals surface area contributed by atoms with Crippen molar-refractivity contribution in [3.05, 3.63) is 71.6 Å². The Kier molecular flexibility index (Phi) is 5.26. The van der Waals surface area contributed by atoms with Gasteiger partial charge in [0.15, 0.2) is 0 Å². The molecule has 2 aromatic carbocycles. The summed E-state index contributed by atoms with van der Waals surface area (Å²) >= 11 is 0. The van der Waals surface area contributed by atoms with Gasteiger partial charge in [-0.3, -0.25) is 4.79 Å². The van der Waals surface area contributed by atoms with Crippen molar-refractivity contribution in [2.75, 3.05) is 18.0 Å². The van der Waals surface area contributed by atoms with Gasteiger partial charge in [-0.15, -0.1) is 0 Å². The molecule has 3 rings (SSSR count). The van der Waals surface area contributed by atoms with Crippen molar-refractivity contribution >= 4 is 17.7 Å². The second-order valence-electron chi connectivity index (χ2n) is 5.93. The van der Waals surface area contributed by atoms with Crippen LogP contribution >= 0.6 is 0 Å². The van der Waals surface area contributed by atoms with Crippen LogP contribution in [-0.4, -0.2) is 19.0 Å². The van der Waals surface area contributed by atoms with E-state index in [2.05, 4.69) is 16.3 Å². The lowest BCUT2D eigenvalue weighted by molar-refractivity contribution is -0.116. The van der Waals surface area contributed by atoms with Crippen molar-refractivity contribution < 1.29 is 9.18 Å². The van der Waals surface area contributed by atoms with Gasteiger partial charge in [0.1, 0.15) is 5.82 Å². The predicted molar refractivity (Wildman–Crippen MR) is 95.2 cm³/mol.